The number of aliphatic hydroxyl groups is 1. The fourth-order valence-corrected chi connectivity index (χ4v) is 4.23. The molecule has 5 aromatic rings. The van der Waals surface area contributed by atoms with Crippen LogP contribution in [0.4, 0.5) is 5.82 Å². The Morgan fingerprint density at radius 1 is 1.00 bits per heavy atom. The lowest BCUT2D eigenvalue weighted by atomic mass is 10.0. The van der Waals surface area contributed by atoms with Gasteiger partial charge in [-0.2, -0.15) is 5.10 Å². The lowest BCUT2D eigenvalue weighted by Gasteiger charge is -2.16. The first-order valence-corrected chi connectivity index (χ1v) is 12.1. The van der Waals surface area contributed by atoms with E-state index in [-0.39, 0.29) is 5.56 Å². The lowest BCUT2D eigenvalue weighted by molar-refractivity contribution is 0.0577. The molecule has 37 heavy (non-hydrogen) atoms. The van der Waals surface area contributed by atoms with Gasteiger partial charge in [0.1, 0.15) is 5.82 Å². The highest BCUT2D eigenvalue weighted by molar-refractivity contribution is 6.30. The van der Waals surface area contributed by atoms with E-state index < -0.39 is 5.60 Å². The van der Waals surface area contributed by atoms with E-state index in [0.29, 0.717) is 29.8 Å². The molecule has 0 bridgehead atoms. The highest BCUT2D eigenvalue weighted by Gasteiger charge is 2.17. The predicted octanol–water partition coefficient (Wildman–Crippen LogP) is 4.29. The summed E-state index contributed by atoms with van der Waals surface area (Å²) in [5, 5.41) is 19.3. The molecule has 0 spiro atoms. The summed E-state index contributed by atoms with van der Waals surface area (Å²) < 4.78 is 3.23. The molecule has 0 aliphatic carbocycles. The van der Waals surface area contributed by atoms with Gasteiger partial charge in [-0.05, 0) is 54.8 Å². The second-order valence-corrected chi connectivity index (χ2v) is 10.0. The quantitative estimate of drug-likeness (QED) is 0.332. The van der Waals surface area contributed by atoms with E-state index in [2.05, 4.69) is 15.4 Å². The highest BCUT2D eigenvalue weighted by atomic mass is 35.5. The van der Waals surface area contributed by atoms with Crippen LogP contribution in [0.5, 0.6) is 0 Å². The molecular formula is C27H26ClN7O2. The van der Waals surface area contributed by atoms with Crippen molar-refractivity contribution >= 4 is 28.3 Å². The Bertz CT molecular complexity index is 1650. The number of halogens is 1. The van der Waals surface area contributed by atoms with Crippen molar-refractivity contribution in [2.75, 3.05) is 5.32 Å². The van der Waals surface area contributed by atoms with E-state index in [4.69, 9.17) is 21.6 Å². The minimum Gasteiger partial charge on any atom is -0.389 e. The van der Waals surface area contributed by atoms with E-state index in [1.807, 2.05) is 30.5 Å². The Hall–Kier alpha value is -4.08. The van der Waals surface area contributed by atoms with E-state index in [0.717, 1.165) is 33.2 Å². The summed E-state index contributed by atoms with van der Waals surface area (Å²) in [5.41, 5.74) is 3.27. The van der Waals surface area contributed by atoms with Crippen LogP contribution in [0.1, 0.15) is 19.4 Å². The SMILES string of the molecule is Cn1cc(-c2ccc3nc(-c4cnn(CC(C)(C)O)c4)nc(NCc4cncc(Cl)c4)c3c2)ccc1=O. The van der Waals surface area contributed by atoms with Crippen LogP contribution >= 0.6 is 11.6 Å². The Kier molecular flexibility index (Phi) is 6.49. The van der Waals surface area contributed by atoms with Crippen LogP contribution in [0.2, 0.25) is 5.02 Å². The lowest BCUT2D eigenvalue weighted by Crippen LogP contribution is -2.26. The monoisotopic (exact) mass is 515 g/mol. The van der Waals surface area contributed by atoms with Crippen LogP contribution in [-0.4, -0.2) is 40.0 Å². The zero-order valence-electron chi connectivity index (χ0n) is 20.7. The Balaban J connectivity index is 1.58. The van der Waals surface area contributed by atoms with Crippen molar-refractivity contribution in [1.82, 2.24) is 29.3 Å². The van der Waals surface area contributed by atoms with Gasteiger partial charge in [-0.15, -0.1) is 0 Å². The first kappa shape index (κ1) is 24.6. The van der Waals surface area contributed by atoms with Gasteiger partial charge in [0.15, 0.2) is 5.82 Å². The number of fused-ring (bicyclic) bond motifs is 1. The Morgan fingerprint density at radius 2 is 1.81 bits per heavy atom. The predicted molar refractivity (Wildman–Crippen MR) is 144 cm³/mol. The van der Waals surface area contributed by atoms with Crippen molar-refractivity contribution in [1.29, 1.82) is 0 Å². The molecule has 1 aromatic carbocycles. The molecule has 0 saturated carbocycles. The summed E-state index contributed by atoms with van der Waals surface area (Å²) in [5.74, 6) is 1.15. The number of anilines is 1. The number of benzene rings is 1. The van der Waals surface area contributed by atoms with Gasteiger partial charge in [0.2, 0.25) is 5.56 Å². The highest BCUT2D eigenvalue weighted by Crippen LogP contribution is 2.30. The molecule has 4 aromatic heterocycles. The molecule has 2 N–H and O–H groups in total. The van der Waals surface area contributed by atoms with Crippen molar-refractivity contribution in [2.24, 2.45) is 7.05 Å². The largest absolute Gasteiger partial charge is 0.389 e. The number of nitrogens with zero attached hydrogens (tertiary/aromatic N) is 6. The van der Waals surface area contributed by atoms with Crippen LogP contribution in [0, 0.1) is 0 Å². The topological polar surface area (TPSA) is 111 Å². The van der Waals surface area contributed by atoms with Gasteiger partial charge in [-0.1, -0.05) is 17.7 Å². The maximum atomic E-state index is 11.9. The second-order valence-electron chi connectivity index (χ2n) is 9.60. The first-order valence-electron chi connectivity index (χ1n) is 11.7. The Labute approximate surface area is 218 Å². The normalized spacial score (nSPS) is 11.7. The number of rotatable bonds is 7. The third kappa shape index (κ3) is 5.68. The van der Waals surface area contributed by atoms with Gasteiger partial charge in [-0.3, -0.25) is 14.5 Å². The summed E-state index contributed by atoms with van der Waals surface area (Å²) in [4.78, 5) is 25.7. The summed E-state index contributed by atoms with van der Waals surface area (Å²) in [6.07, 6.45) is 8.66. The maximum absolute atomic E-state index is 11.9. The summed E-state index contributed by atoms with van der Waals surface area (Å²) in [6.45, 7) is 4.27. The number of aromatic nitrogens is 6. The molecule has 4 heterocycles. The smallest absolute Gasteiger partial charge is 0.250 e. The molecule has 0 fully saturated rings. The van der Waals surface area contributed by atoms with Crippen molar-refractivity contribution < 1.29 is 5.11 Å². The summed E-state index contributed by atoms with van der Waals surface area (Å²) in [7, 11) is 1.73. The fourth-order valence-electron chi connectivity index (χ4n) is 4.04. The van der Waals surface area contributed by atoms with E-state index in [1.165, 1.54) is 0 Å². The number of hydrogen-bond acceptors (Lipinski definition) is 7. The van der Waals surface area contributed by atoms with Crippen LogP contribution in [0.3, 0.4) is 0 Å². The third-order valence-electron chi connectivity index (χ3n) is 5.78. The van der Waals surface area contributed by atoms with Gasteiger partial charge < -0.3 is 15.0 Å². The van der Waals surface area contributed by atoms with Crippen LogP contribution in [-0.2, 0) is 20.1 Å². The van der Waals surface area contributed by atoms with Crippen LogP contribution in [0.25, 0.3) is 33.4 Å². The van der Waals surface area contributed by atoms with E-state index in [9.17, 15) is 9.90 Å². The number of nitrogens with one attached hydrogen (secondary N) is 1. The third-order valence-corrected chi connectivity index (χ3v) is 5.98. The molecule has 0 amide bonds. The second kappa shape index (κ2) is 9.76. The summed E-state index contributed by atoms with van der Waals surface area (Å²) in [6, 6.07) is 11.1. The summed E-state index contributed by atoms with van der Waals surface area (Å²) >= 11 is 6.12. The molecule has 9 nitrogen and oxygen atoms in total. The fraction of sp³-hybridized carbons (Fsp3) is 0.222. The zero-order chi connectivity index (χ0) is 26.2. The average Bonchev–Trinajstić information content (AvgIpc) is 3.30. The van der Waals surface area contributed by atoms with Crippen molar-refractivity contribution in [3.05, 3.63) is 88.3 Å². The van der Waals surface area contributed by atoms with Crippen molar-refractivity contribution in [2.45, 2.75) is 32.5 Å². The van der Waals surface area contributed by atoms with Crippen LogP contribution in [0.15, 0.2) is 72.2 Å². The van der Waals surface area contributed by atoms with E-state index >= 15 is 0 Å². The molecule has 0 unspecified atom stereocenters. The number of aryl methyl sites for hydroxylation is 1. The molecule has 0 radical (unpaired) electrons. The molecule has 5 rings (SSSR count). The van der Waals surface area contributed by atoms with Gasteiger partial charge in [-0.25, -0.2) is 9.97 Å². The maximum Gasteiger partial charge on any atom is 0.250 e. The van der Waals surface area contributed by atoms with E-state index in [1.54, 1.807) is 67.1 Å². The molecule has 10 heteroatoms. The standard InChI is InChI=1S/C27H26ClN7O2/c1-27(2,37)16-35-15-20(12-31-35)25-32-23-6-4-18(19-5-7-24(36)34(3)14-19)9-22(23)26(33-25)30-11-17-8-21(28)13-29-10-17/h4-10,12-15,37H,11,16H2,1-3H3,(H,30,32,33). The molecule has 0 saturated heterocycles. The number of pyridine rings is 2. The zero-order valence-corrected chi connectivity index (χ0v) is 21.4. The molecular weight excluding hydrogens is 490 g/mol. The van der Waals surface area contributed by atoms with Gasteiger partial charge in [0.25, 0.3) is 0 Å². The van der Waals surface area contributed by atoms with Crippen LogP contribution < -0.4 is 10.9 Å². The van der Waals surface area contributed by atoms with Crippen molar-refractivity contribution in [3.63, 3.8) is 0 Å². The minimum atomic E-state index is -0.900. The molecule has 0 atom stereocenters. The molecule has 0 aliphatic heterocycles. The number of hydrogen-bond donors (Lipinski definition) is 2. The first-order chi connectivity index (χ1) is 17.6. The van der Waals surface area contributed by atoms with Gasteiger partial charge >= 0.3 is 0 Å². The Morgan fingerprint density at radius 3 is 2.57 bits per heavy atom. The molecule has 188 valence electrons. The average molecular weight is 516 g/mol. The van der Waals surface area contributed by atoms with Gasteiger partial charge in [0.05, 0.1) is 34.4 Å². The van der Waals surface area contributed by atoms with Gasteiger partial charge in [0, 0.05) is 49.8 Å². The minimum absolute atomic E-state index is 0.0693. The molecule has 0 aliphatic rings. The van der Waals surface area contributed by atoms with Crippen molar-refractivity contribution in [3.8, 4) is 22.5 Å².